The summed E-state index contributed by atoms with van der Waals surface area (Å²) in [4.78, 5) is 29.4. The van der Waals surface area contributed by atoms with Crippen LogP contribution in [0.2, 0.25) is 0 Å². The number of piperazine rings is 1. The molecule has 2 saturated heterocycles. The summed E-state index contributed by atoms with van der Waals surface area (Å²) in [5.74, 6) is -0.380. The monoisotopic (exact) mass is 473 g/mol. The number of nitrogens with zero attached hydrogens (tertiary/aromatic N) is 4. The molecule has 2 aliphatic rings. The molecule has 10 heteroatoms. The molecule has 2 fully saturated rings. The Bertz CT molecular complexity index is 1090. The maximum absolute atomic E-state index is 12.7. The molecule has 1 aromatic heterocycles. The number of nitrogens with one attached hydrogen (secondary N) is 1. The molecule has 3 heterocycles. The van der Waals surface area contributed by atoms with Gasteiger partial charge in [0.1, 0.15) is 10.6 Å². The largest absolute Gasteiger partial charge is 0.368 e. The highest BCUT2D eigenvalue weighted by atomic mass is 32.2. The van der Waals surface area contributed by atoms with Crippen LogP contribution in [0, 0.1) is 0 Å². The molecule has 0 aliphatic carbocycles. The Labute approximate surface area is 195 Å². The molecular weight excluding hydrogens is 442 g/mol. The zero-order valence-corrected chi connectivity index (χ0v) is 19.8. The second-order valence-corrected chi connectivity index (χ2v) is 10.4. The number of hydrogen-bond acceptors (Lipinski definition) is 5. The van der Waals surface area contributed by atoms with Crippen molar-refractivity contribution in [2.45, 2.75) is 24.2 Å². The molecular formula is C23H31N5O4S. The molecule has 0 bridgehead atoms. The first-order valence-corrected chi connectivity index (χ1v) is 12.8. The minimum atomic E-state index is -3.58. The Morgan fingerprint density at radius 1 is 0.970 bits per heavy atom. The lowest BCUT2D eigenvalue weighted by Gasteiger charge is -2.36. The van der Waals surface area contributed by atoms with Gasteiger partial charge in [-0.2, -0.15) is 4.31 Å². The lowest BCUT2D eigenvalue weighted by atomic mass is 10.2. The summed E-state index contributed by atoms with van der Waals surface area (Å²) < 4.78 is 28.5. The van der Waals surface area contributed by atoms with Crippen LogP contribution in [-0.2, 0) is 21.9 Å². The van der Waals surface area contributed by atoms with Gasteiger partial charge in [-0.3, -0.25) is 9.59 Å². The van der Waals surface area contributed by atoms with Crippen LogP contribution < -0.4 is 10.2 Å². The van der Waals surface area contributed by atoms with E-state index in [0.717, 1.165) is 31.6 Å². The molecule has 2 amide bonds. The Balaban J connectivity index is 1.26. The van der Waals surface area contributed by atoms with Gasteiger partial charge in [-0.05, 0) is 31.0 Å². The number of rotatable bonds is 7. The van der Waals surface area contributed by atoms with E-state index in [2.05, 4.69) is 22.3 Å². The zero-order chi connectivity index (χ0) is 23.4. The fourth-order valence-electron chi connectivity index (χ4n) is 4.36. The number of carbonyl (C=O) groups excluding carboxylic acids is 2. The Morgan fingerprint density at radius 2 is 1.64 bits per heavy atom. The van der Waals surface area contributed by atoms with Gasteiger partial charge < -0.3 is 19.7 Å². The van der Waals surface area contributed by atoms with E-state index in [1.54, 1.807) is 7.05 Å². The van der Waals surface area contributed by atoms with Crippen molar-refractivity contribution in [2.24, 2.45) is 7.05 Å². The second kappa shape index (κ2) is 9.96. The summed E-state index contributed by atoms with van der Waals surface area (Å²) in [7, 11) is -1.93. The van der Waals surface area contributed by atoms with Crippen LogP contribution >= 0.6 is 0 Å². The predicted molar refractivity (Wildman–Crippen MR) is 126 cm³/mol. The number of hydrogen-bond donors (Lipinski definition) is 1. The zero-order valence-electron chi connectivity index (χ0n) is 18.9. The first kappa shape index (κ1) is 23.3. The molecule has 0 spiro atoms. The molecule has 4 rings (SSSR count). The maximum Gasteiger partial charge on any atom is 0.267 e. The number of carbonyl (C=O) groups is 2. The lowest BCUT2D eigenvalue weighted by Crippen LogP contribution is -2.49. The quantitative estimate of drug-likeness (QED) is 0.654. The van der Waals surface area contributed by atoms with Crippen LogP contribution in [0.3, 0.4) is 0 Å². The predicted octanol–water partition coefficient (Wildman–Crippen LogP) is 1.28. The van der Waals surface area contributed by atoms with Gasteiger partial charge in [-0.1, -0.05) is 18.2 Å². The van der Waals surface area contributed by atoms with E-state index < -0.39 is 10.0 Å². The van der Waals surface area contributed by atoms with Crippen LogP contribution in [0.4, 0.5) is 5.69 Å². The van der Waals surface area contributed by atoms with E-state index in [4.69, 9.17) is 0 Å². The van der Waals surface area contributed by atoms with Gasteiger partial charge in [0.25, 0.3) is 5.91 Å². The molecule has 9 nitrogen and oxygen atoms in total. The van der Waals surface area contributed by atoms with E-state index in [0.29, 0.717) is 26.2 Å². The number of aromatic nitrogens is 1. The summed E-state index contributed by atoms with van der Waals surface area (Å²) in [5.41, 5.74) is 1.42. The van der Waals surface area contributed by atoms with Crippen molar-refractivity contribution in [1.82, 2.24) is 19.1 Å². The van der Waals surface area contributed by atoms with E-state index in [1.165, 1.54) is 21.1 Å². The molecule has 1 aromatic carbocycles. The lowest BCUT2D eigenvalue weighted by molar-refractivity contribution is -0.131. The Hall–Kier alpha value is -2.85. The van der Waals surface area contributed by atoms with E-state index in [9.17, 15) is 18.0 Å². The van der Waals surface area contributed by atoms with Crippen molar-refractivity contribution in [2.75, 3.05) is 50.7 Å². The van der Waals surface area contributed by atoms with Crippen molar-refractivity contribution in [3.63, 3.8) is 0 Å². The average molecular weight is 474 g/mol. The van der Waals surface area contributed by atoms with Gasteiger partial charge in [0.15, 0.2) is 0 Å². The highest BCUT2D eigenvalue weighted by molar-refractivity contribution is 7.89. The number of amides is 2. The summed E-state index contributed by atoms with van der Waals surface area (Å²) in [5, 5.41) is 2.75. The van der Waals surface area contributed by atoms with Crippen LogP contribution in [0.15, 0.2) is 47.5 Å². The highest BCUT2D eigenvalue weighted by Crippen LogP contribution is 2.22. The smallest absolute Gasteiger partial charge is 0.267 e. The maximum atomic E-state index is 12.7. The van der Waals surface area contributed by atoms with Gasteiger partial charge in [-0.15, -0.1) is 0 Å². The summed E-state index contributed by atoms with van der Waals surface area (Å²) >= 11 is 0. The number of benzene rings is 1. The standard InChI is InChI=1S/C23H31N5O4S/c1-25-18-20(33(31,32)28-11-5-6-12-28)17-21(25)23(30)24-10-9-22(29)27-15-13-26(14-16-27)19-7-3-2-4-8-19/h2-4,7-8,17-18H,5-6,9-16H2,1H3,(H,24,30). The van der Waals surface area contributed by atoms with Crippen molar-refractivity contribution in [3.05, 3.63) is 48.3 Å². The molecule has 0 saturated carbocycles. The number of para-hydroxylation sites is 1. The van der Waals surface area contributed by atoms with Gasteiger partial charge in [-0.25, -0.2) is 8.42 Å². The summed E-state index contributed by atoms with van der Waals surface area (Å²) in [6.45, 7) is 4.09. The molecule has 2 aliphatic heterocycles. The minimum Gasteiger partial charge on any atom is -0.368 e. The third-order valence-electron chi connectivity index (χ3n) is 6.29. The van der Waals surface area contributed by atoms with Gasteiger partial charge >= 0.3 is 0 Å². The molecule has 2 aromatic rings. The van der Waals surface area contributed by atoms with Gasteiger partial charge in [0.2, 0.25) is 15.9 Å². The van der Waals surface area contributed by atoms with Crippen LogP contribution in [0.5, 0.6) is 0 Å². The Kier molecular flexibility index (Phi) is 7.04. The molecule has 0 atom stereocenters. The fraction of sp³-hybridized carbons (Fsp3) is 0.478. The molecule has 0 unspecified atom stereocenters. The molecule has 0 radical (unpaired) electrons. The Morgan fingerprint density at radius 3 is 2.30 bits per heavy atom. The van der Waals surface area contributed by atoms with Crippen LogP contribution in [0.25, 0.3) is 0 Å². The summed E-state index contributed by atoms with van der Waals surface area (Å²) in [6.07, 6.45) is 3.39. The van der Waals surface area contributed by atoms with Crippen molar-refractivity contribution >= 4 is 27.5 Å². The SMILES string of the molecule is Cn1cc(S(=O)(=O)N2CCCC2)cc1C(=O)NCCC(=O)N1CCN(c2ccccc2)CC1. The van der Waals surface area contributed by atoms with Crippen molar-refractivity contribution in [1.29, 1.82) is 0 Å². The number of sulfonamides is 1. The highest BCUT2D eigenvalue weighted by Gasteiger charge is 2.29. The van der Waals surface area contributed by atoms with E-state index >= 15 is 0 Å². The fourth-order valence-corrected chi connectivity index (χ4v) is 5.95. The van der Waals surface area contributed by atoms with Crippen molar-refractivity contribution < 1.29 is 18.0 Å². The molecule has 33 heavy (non-hydrogen) atoms. The van der Waals surface area contributed by atoms with E-state index in [1.807, 2.05) is 23.1 Å². The minimum absolute atomic E-state index is 0.00666. The third-order valence-corrected chi connectivity index (χ3v) is 8.16. The van der Waals surface area contributed by atoms with Crippen molar-refractivity contribution in [3.8, 4) is 0 Å². The number of anilines is 1. The summed E-state index contributed by atoms with van der Waals surface area (Å²) in [6, 6.07) is 11.5. The number of aryl methyl sites for hydroxylation is 1. The van der Waals surface area contributed by atoms with Gasteiger partial charge in [0.05, 0.1) is 0 Å². The topological polar surface area (TPSA) is 95.0 Å². The van der Waals surface area contributed by atoms with Gasteiger partial charge in [0, 0.05) is 71.2 Å². The van der Waals surface area contributed by atoms with Crippen LogP contribution in [0.1, 0.15) is 29.8 Å². The average Bonchev–Trinajstić information content (AvgIpc) is 3.50. The van der Waals surface area contributed by atoms with E-state index in [-0.39, 0.29) is 35.4 Å². The first-order chi connectivity index (χ1) is 15.9. The molecule has 178 valence electrons. The first-order valence-electron chi connectivity index (χ1n) is 11.4. The third kappa shape index (κ3) is 5.22. The van der Waals surface area contributed by atoms with Crippen LogP contribution in [-0.4, -0.2) is 79.8 Å². The second-order valence-electron chi connectivity index (χ2n) is 8.49. The molecule has 1 N–H and O–H groups in total. The normalized spacial score (nSPS) is 17.4.